The third-order valence-electron chi connectivity index (χ3n) is 2.63. The van der Waals surface area contributed by atoms with Crippen molar-refractivity contribution in [2.75, 3.05) is 6.61 Å². The van der Waals surface area contributed by atoms with Gasteiger partial charge in [0.2, 0.25) is 0 Å². The molecule has 0 aromatic rings. The van der Waals surface area contributed by atoms with Gasteiger partial charge in [-0.15, -0.1) is 0 Å². The summed E-state index contributed by atoms with van der Waals surface area (Å²) in [5, 5.41) is 20.8. The molecule has 0 aliphatic rings. The van der Waals surface area contributed by atoms with E-state index in [-0.39, 0.29) is 12.6 Å². The second-order valence-corrected chi connectivity index (χ2v) is 4.95. The predicted octanol–water partition coefficient (Wildman–Crippen LogP) is 2.97. The summed E-state index contributed by atoms with van der Waals surface area (Å²) in [5.41, 5.74) is 0.959. The molecular formula is C14H26N2O. The molecule has 0 radical (unpaired) electrons. The fourth-order valence-electron chi connectivity index (χ4n) is 1.74. The Morgan fingerprint density at radius 3 is 2.47 bits per heavy atom. The molecule has 0 fully saturated rings. The average Bonchev–Trinajstić information content (AvgIpc) is 2.27. The third kappa shape index (κ3) is 9.89. The highest BCUT2D eigenvalue weighted by Crippen LogP contribution is 2.10. The van der Waals surface area contributed by atoms with Gasteiger partial charge in [-0.1, -0.05) is 33.3 Å². The molecule has 0 saturated carbocycles. The van der Waals surface area contributed by atoms with E-state index in [2.05, 4.69) is 31.8 Å². The van der Waals surface area contributed by atoms with Gasteiger partial charge in [-0.2, -0.15) is 5.26 Å². The average molecular weight is 238 g/mol. The second-order valence-electron chi connectivity index (χ2n) is 4.95. The number of unbranched alkanes of at least 4 members (excludes halogenated alkanes) is 3. The van der Waals surface area contributed by atoms with Crippen LogP contribution in [-0.2, 0) is 0 Å². The number of aliphatic hydroxyl groups excluding tert-OH is 1. The standard InChI is InChI=1S/C14H26N2O/c1-12(2)10-14(11-15)16-13(3)8-6-4-5-7-9-17/h12,14,16-17H,3-10H2,1-2H3/t14-/m0/s1. The lowest BCUT2D eigenvalue weighted by molar-refractivity contribution is 0.282. The molecule has 17 heavy (non-hydrogen) atoms. The number of nitrogens with one attached hydrogen (secondary N) is 1. The first kappa shape index (κ1) is 16.0. The molecule has 3 heteroatoms. The van der Waals surface area contributed by atoms with Crippen LogP contribution in [0.15, 0.2) is 12.3 Å². The molecule has 3 nitrogen and oxygen atoms in total. The number of aliphatic hydroxyl groups is 1. The molecule has 0 rings (SSSR count). The van der Waals surface area contributed by atoms with Crippen LogP contribution < -0.4 is 5.32 Å². The Bertz CT molecular complexity index is 243. The van der Waals surface area contributed by atoms with Crippen LogP contribution in [0.2, 0.25) is 0 Å². The number of allylic oxidation sites excluding steroid dienone is 1. The van der Waals surface area contributed by atoms with E-state index >= 15 is 0 Å². The van der Waals surface area contributed by atoms with Crippen molar-refractivity contribution in [2.24, 2.45) is 5.92 Å². The molecule has 0 aliphatic heterocycles. The summed E-state index contributed by atoms with van der Waals surface area (Å²) in [4.78, 5) is 0. The monoisotopic (exact) mass is 238 g/mol. The van der Waals surface area contributed by atoms with Crippen molar-refractivity contribution in [3.05, 3.63) is 12.3 Å². The lowest BCUT2D eigenvalue weighted by atomic mass is 10.0. The Kier molecular flexibility index (Phi) is 9.56. The summed E-state index contributed by atoms with van der Waals surface area (Å²) in [7, 11) is 0. The van der Waals surface area contributed by atoms with Gasteiger partial charge in [-0.25, -0.2) is 0 Å². The number of hydrogen-bond acceptors (Lipinski definition) is 3. The van der Waals surface area contributed by atoms with Crippen molar-refractivity contribution in [3.63, 3.8) is 0 Å². The van der Waals surface area contributed by atoms with Gasteiger partial charge in [-0.05, 0) is 31.6 Å². The molecule has 0 bridgehead atoms. The first-order valence-corrected chi connectivity index (χ1v) is 6.55. The number of rotatable bonds is 10. The number of nitrogens with zero attached hydrogens (tertiary/aromatic N) is 1. The van der Waals surface area contributed by atoms with Crippen LogP contribution in [0.3, 0.4) is 0 Å². The summed E-state index contributed by atoms with van der Waals surface area (Å²) in [6.07, 6.45) is 5.92. The minimum atomic E-state index is -0.111. The lowest BCUT2D eigenvalue weighted by Gasteiger charge is -2.16. The van der Waals surface area contributed by atoms with Crippen LogP contribution in [0.25, 0.3) is 0 Å². The quantitative estimate of drug-likeness (QED) is 0.575. The van der Waals surface area contributed by atoms with Crippen molar-refractivity contribution < 1.29 is 5.11 Å². The molecule has 0 spiro atoms. The van der Waals surface area contributed by atoms with Gasteiger partial charge in [0.25, 0.3) is 0 Å². The highest BCUT2D eigenvalue weighted by atomic mass is 16.2. The molecule has 1 atom stereocenters. The van der Waals surface area contributed by atoms with Crippen LogP contribution in [0.1, 0.15) is 52.4 Å². The topological polar surface area (TPSA) is 56.0 Å². The molecule has 2 N–H and O–H groups in total. The lowest BCUT2D eigenvalue weighted by Crippen LogP contribution is -2.27. The number of hydrogen-bond donors (Lipinski definition) is 2. The van der Waals surface area contributed by atoms with Crippen molar-refractivity contribution >= 4 is 0 Å². The van der Waals surface area contributed by atoms with Crippen LogP contribution >= 0.6 is 0 Å². The van der Waals surface area contributed by atoms with Gasteiger partial charge < -0.3 is 10.4 Å². The van der Waals surface area contributed by atoms with Crippen molar-refractivity contribution in [3.8, 4) is 6.07 Å². The third-order valence-corrected chi connectivity index (χ3v) is 2.63. The van der Waals surface area contributed by atoms with E-state index in [9.17, 15) is 0 Å². The zero-order valence-corrected chi connectivity index (χ0v) is 11.2. The van der Waals surface area contributed by atoms with Gasteiger partial charge in [0.1, 0.15) is 6.04 Å². The maximum atomic E-state index is 8.98. The molecule has 0 amide bonds. The number of nitriles is 1. The highest BCUT2D eigenvalue weighted by Gasteiger charge is 2.09. The molecule has 98 valence electrons. The zero-order valence-electron chi connectivity index (χ0n) is 11.2. The highest BCUT2D eigenvalue weighted by molar-refractivity contribution is 5.01. The molecule has 0 aromatic carbocycles. The normalized spacial score (nSPS) is 12.2. The van der Waals surface area contributed by atoms with E-state index < -0.39 is 0 Å². The first-order chi connectivity index (χ1) is 8.10. The molecule has 0 aliphatic carbocycles. The Hall–Kier alpha value is -1.01. The Morgan fingerprint density at radius 1 is 1.29 bits per heavy atom. The van der Waals surface area contributed by atoms with Crippen molar-refractivity contribution in [1.82, 2.24) is 5.32 Å². The summed E-state index contributed by atoms with van der Waals surface area (Å²) in [6, 6.07) is 2.16. The van der Waals surface area contributed by atoms with Gasteiger partial charge in [0, 0.05) is 12.3 Å². The van der Waals surface area contributed by atoms with Crippen molar-refractivity contribution in [1.29, 1.82) is 5.26 Å². The van der Waals surface area contributed by atoms with E-state index in [0.717, 1.165) is 44.2 Å². The van der Waals surface area contributed by atoms with Crippen LogP contribution in [0.5, 0.6) is 0 Å². The Balaban J connectivity index is 3.66. The summed E-state index contributed by atoms with van der Waals surface area (Å²) in [6.45, 7) is 8.47. The molecular weight excluding hydrogens is 212 g/mol. The smallest absolute Gasteiger partial charge is 0.114 e. The fraction of sp³-hybridized carbons (Fsp3) is 0.786. The second kappa shape index (κ2) is 10.2. The molecule has 0 unspecified atom stereocenters. The van der Waals surface area contributed by atoms with Gasteiger partial charge in [0.05, 0.1) is 6.07 Å². The fourth-order valence-corrected chi connectivity index (χ4v) is 1.74. The predicted molar refractivity (Wildman–Crippen MR) is 71.3 cm³/mol. The molecule has 0 aromatic heterocycles. The largest absolute Gasteiger partial charge is 0.396 e. The zero-order chi connectivity index (χ0) is 13.1. The molecule has 0 heterocycles. The van der Waals surface area contributed by atoms with E-state index in [1.54, 1.807) is 0 Å². The van der Waals surface area contributed by atoms with E-state index in [1.807, 2.05) is 0 Å². The van der Waals surface area contributed by atoms with E-state index in [1.165, 1.54) is 0 Å². The summed E-state index contributed by atoms with van der Waals surface area (Å²) in [5.74, 6) is 0.518. The van der Waals surface area contributed by atoms with Gasteiger partial charge >= 0.3 is 0 Å². The van der Waals surface area contributed by atoms with Crippen LogP contribution in [0.4, 0.5) is 0 Å². The summed E-state index contributed by atoms with van der Waals surface area (Å²) < 4.78 is 0. The Labute approximate surface area is 106 Å². The molecule has 0 saturated heterocycles. The van der Waals surface area contributed by atoms with Crippen molar-refractivity contribution in [2.45, 2.75) is 58.4 Å². The maximum absolute atomic E-state index is 8.98. The minimum absolute atomic E-state index is 0.111. The maximum Gasteiger partial charge on any atom is 0.114 e. The minimum Gasteiger partial charge on any atom is -0.396 e. The van der Waals surface area contributed by atoms with E-state index in [4.69, 9.17) is 10.4 Å². The van der Waals surface area contributed by atoms with Crippen LogP contribution in [0, 0.1) is 17.2 Å². The van der Waals surface area contributed by atoms with Crippen LogP contribution in [-0.4, -0.2) is 17.8 Å². The van der Waals surface area contributed by atoms with Gasteiger partial charge in [-0.3, -0.25) is 0 Å². The summed E-state index contributed by atoms with van der Waals surface area (Å²) >= 11 is 0. The Morgan fingerprint density at radius 2 is 1.94 bits per heavy atom. The van der Waals surface area contributed by atoms with E-state index in [0.29, 0.717) is 5.92 Å². The first-order valence-electron chi connectivity index (χ1n) is 6.55. The SMILES string of the molecule is C=C(CCCCCCO)N[C@H](C#N)CC(C)C. The van der Waals surface area contributed by atoms with Gasteiger partial charge in [0.15, 0.2) is 0 Å².